The van der Waals surface area contributed by atoms with E-state index in [0.717, 1.165) is 11.3 Å². The van der Waals surface area contributed by atoms with E-state index in [2.05, 4.69) is 5.32 Å². The molecule has 86 valence electrons. The van der Waals surface area contributed by atoms with Crippen LogP contribution in [0.3, 0.4) is 0 Å². The maximum atomic E-state index is 10.8. The van der Waals surface area contributed by atoms with E-state index < -0.39 is 11.9 Å². The van der Waals surface area contributed by atoms with Crippen LogP contribution in [0.25, 0.3) is 0 Å². The molecule has 0 aromatic heterocycles. The first-order chi connectivity index (χ1) is 7.63. The third kappa shape index (κ3) is 3.61. The van der Waals surface area contributed by atoms with Crippen molar-refractivity contribution >= 4 is 11.9 Å². The Morgan fingerprint density at radius 1 is 1.31 bits per heavy atom. The molecule has 1 amide bonds. The molecule has 2 N–H and O–H groups in total. The first kappa shape index (κ1) is 12.0. The highest BCUT2D eigenvalue weighted by Crippen LogP contribution is 2.11. The third-order valence-electron chi connectivity index (χ3n) is 1.88. The number of hydrogen-bond acceptors (Lipinski definition) is 3. The van der Waals surface area contributed by atoms with Crippen LogP contribution in [0.4, 0.5) is 0 Å². The molecule has 5 nitrogen and oxygen atoms in total. The number of carboxylic acid groups (broad SMARTS) is 1. The summed E-state index contributed by atoms with van der Waals surface area (Å²) in [7, 11) is 0. The number of nitrogens with one attached hydrogen (secondary N) is 1. The van der Waals surface area contributed by atoms with Gasteiger partial charge in [0, 0.05) is 6.54 Å². The van der Waals surface area contributed by atoms with Crippen molar-refractivity contribution in [2.45, 2.75) is 13.5 Å². The Hall–Kier alpha value is -2.04. The summed E-state index contributed by atoms with van der Waals surface area (Å²) in [6, 6.07) is 7.08. The minimum absolute atomic E-state index is 0.192. The minimum Gasteiger partial charge on any atom is -0.494 e. The first-order valence-corrected chi connectivity index (χ1v) is 4.86. The van der Waals surface area contributed by atoms with Gasteiger partial charge in [0.25, 0.3) is 0 Å². The van der Waals surface area contributed by atoms with Crippen LogP contribution in [0.5, 0.6) is 5.75 Å². The second-order valence-corrected chi connectivity index (χ2v) is 3.06. The zero-order chi connectivity index (χ0) is 12.0. The van der Waals surface area contributed by atoms with Crippen molar-refractivity contribution in [3.63, 3.8) is 0 Å². The van der Waals surface area contributed by atoms with Gasteiger partial charge in [0.1, 0.15) is 5.75 Å². The Balaban J connectivity index is 2.49. The molecule has 0 bridgehead atoms. The Labute approximate surface area is 93.0 Å². The molecule has 0 saturated carbocycles. The smallest absolute Gasteiger partial charge is 0.394 e. The average Bonchev–Trinajstić information content (AvgIpc) is 2.28. The lowest BCUT2D eigenvalue weighted by atomic mass is 10.2. The average molecular weight is 223 g/mol. The Bertz CT molecular complexity index is 372. The number of rotatable bonds is 4. The van der Waals surface area contributed by atoms with Gasteiger partial charge in [-0.25, -0.2) is 4.79 Å². The SMILES string of the molecule is CCOc1ccc(CNC(=O)C(=O)O)cc1. The molecule has 0 spiro atoms. The molecular weight excluding hydrogens is 210 g/mol. The number of benzene rings is 1. The Morgan fingerprint density at radius 2 is 1.94 bits per heavy atom. The van der Waals surface area contributed by atoms with Gasteiger partial charge in [0.05, 0.1) is 6.61 Å². The van der Waals surface area contributed by atoms with Crippen LogP contribution in [-0.2, 0) is 16.1 Å². The number of hydrogen-bond donors (Lipinski definition) is 2. The van der Waals surface area contributed by atoms with E-state index in [9.17, 15) is 9.59 Å². The molecule has 5 heteroatoms. The molecule has 0 aliphatic heterocycles. The summed E-state index contributed by atoms with van der Waals surface area (Å²) < 4.78 is 5.24. The maximum absolute atomic E-state index is 10.8. The molecule has 0 radical (unpaired) electrons. The molecule has 1 aromatic rings. The highest BCUT2D eigenvalue weighted by molar-refractivity contribution is 6.31. The van der Waals surface area contributed by atoms with Crippen molar-refractivity contribution in [2.24, 2.45) is 0 Å². The molecule has 0 heterocycles. The van der Waals surface area contributed by atoms with Crippen LogP contribution in [0.1, 0.15) is 12.5 Å². The molecule has 1 aromatic carbocycles. The fourth-order valence-electron chi connectivity index (χ4n) is 1.13. The van der Waals surface area contributed by atoms with Gasteiger partial charge in [-0.05, 0) is 24.6 Å². The number of carboxylic acids is 1. The van der Waals surface area contributed by atoms with Crippen molar-refractivity contribution in [1.82, 2.24) is 5.32 Å². The normalized spacial score (nSPS) is 9.56. The van der Waals surface area contributed by atoms with Crippen LogP contribution in [0.15, 0.2) is 24.3 Å². The summed E-state index contributed by atoms with van der Waals surface area (Å²) in [6.07, 6.45) is 0. The van der Waals surface area contributed by atoms with Crippen molar-refractivity contribution in [3.8, 4) is 5.75 Å². The summed E-state index contributed by atoms with van der Waals surface area (Å²) in [5.41, 5.74) is 0.818. The summed E-state index contributed by atoms with van der Waals surface area (Å²) in [4.78, 5) is 21.0. The van der Waals surface area contributed by atoms with Crippen LogP contribution < -0.4 is 10.1 Å². The van der Waals surface area contributed by atoms with E-state index in [4.69, 9.17) is 9.84 Å². The van der Waals surface area contributed by atoms with Gasteiger partial charge in [-0.1, -0.05) is 12.1 Å². The maximum Gasteiger partial charge on any atom is 0.394 e. The lowest BCUT2D eigenvalue weighted by molar-refractivity contribution is -0.150. The molecular formula is C11H13NO4. The number of amides is 1. The van der Waals surface area contributed by atoms with Gasteiger partial charge in [-0.15, -0.1) is 0 Å². The van der Waals surface area contributed by atoms with Gasteiger partial charge in [-0.2, -0.15) is 0 Å². The number of ether oxygens (including phenoxy) is 1. The topological polar surface area (TPSA) is 75.6 Å². The van der Waals surface area contributed by atoms with Gasteiger partial charge in [0.15, 0.2) is 0 Å². The molecule has 0 aliphatic carbocycles. The quantitative estimate of drug-likeness (QED) is 0.740. The van der Waals surface area contributed by atoms with Crippen molar-refractivity contribution < 1.29 is 19.4 Å². The van der Waals surface area contributed by atoms with E-state index in [1.54, 1.807) is 24.3 Å². The second-order valence-electron chi connectivity index (χ2n) is 3.06. The van der Waals surface area contributed by atoms with Crippen LogP contribution >= 0.6 is 0 Å². The number of aliphatic carboxylic acids is 1. The minimum atomic E-state index is -1.48. The molecule has 0 aliphatic rings. The second kappa shape index (κ2) is 5.75. The number of carbonyl (C=O) groups excluding carboxylic acids is 1. The van der Waals surface area contributed by atoms with Crippen molar-refractivity contribution in [3.05, 3.63) is 29.8 Å². The van der Waals surface area contributed by atoms with Crippen LogP contribution in [0.2, 0.25) is 0 Å². The zero-order valence-corrected chi connectivity index (χ0v) is 8.90. The standard InChI is InChI=1S/C11H13NO4/c1-2-16-9-5-3-8(4-6-9)7-12-10(13)11(14)15/h3-6H,2,7H2,1H3,(H,12,13)(H,14,15). The zero-order valence-electron chi connectivity index (χ0n) is 8.90. The predicted molar refractivity (Wildman–Crippen MR) is 57.1 cm³/mol. The van der Waals surface area contributed by atoms with E-state index in [1.165, 1.54) is 0 Å². The third-order valence-corrected chi connectivity index (χ3v) is 1.88. The van der Waals surface area contributed by atoms with Crippen molar-refractivity contribution in [2.75, 3.05) is 6.61 Å². The monoisotopic (exact) mass is 223 g/mol. The molecule has 16 heavy (non-hydrogen) atoms. The van der Waals surface area contributed by atoms with Crippen LogP contribution in [0, 0.1) is 0 Å². The Morgan fingerprint density at radius 3 is 2.44 bits per heavy atom. The largest absolute Gasteiger partial charge is 0.494 e. The van der Waals surface area contributed by atoms with Gasteiger partial charge >= 0.3 is 11.9 Å². The number of carbonyl (C=O) groups is 2. The summed E-state index contributed by atoms with van der Waals surface area (Å²) in [5, 5.41) is 10.6. The van der Waals surface area contributed by atoms with Crippen LogP contribution in [-0.4, -0.2) is 23.6 Å². The lowest BCUT2D eigenvalue weighted by Crippen LogP contribution is -2.29. The van der Waals surface area contributed by atoms with E-state index in [1.807, 2.05) is 6.92 Å². The van der Waals surface area contributed by atoms with Gasteiger partial charge < -0.3 is 15.2 Å². The fourth-order valence-corrected chi connectivity index (χ4v) is 1.13. The molecule has 0 atom stereocenters. The Kier molecular flexibility index (Phi) is 4.32. The van der Waals surface area contributed by atoms with Gasteiger partial charge in [-0.3, -0.25) is 4.79 Å². The van der Waals surface area contributed by atoms with E-state index in [0.29, 0.717) is 6.61 Å². The molecule has 0 unspecified atom stereocenters. The summed E-state index contributed by atoms with van der Waals surface area (Å²) >= 11 is 0. The molecule has 0 saturated heterocycles. The molecule has 1 rings (SSSR count). The van der Waals surface area contributed by atoms with E-state index >= 15 is 0 Å². The first-order valence-electron chi connectivity index (χ1n) is 4.86. The predicted octanol–water partition coefficient (Wildman–Crippen LogP) is 0.786. The lowest BCUT2D eigenvalue weighted by Gasteiger charge is -2.05. The van der Waals surface area contributed by atoms with Gasteiger partial charge in [0.2, 0.25) is 0 Å². The molecule has 0 fully saturated rings. The van der Waals surface area contributed by atoms with Crippen molar-refractivity contribution in [1.29, 1.82) is 0 Å². The summed E-state index contributed by atoms with van der Waals surface area (Å²) in [5.74, 6) is -1.74. The van der Waals surface area contributed by atoms with E-state index in [-0.39, 0.29) is 6.54 Å². The summed E-state index contributed by atoms with van der Waals surface area (Å²) in [6.45, 7) is 2.67. The fraction of sp³-hybridized carbons (Fsp3) is 0.273. The highest BCUT2D eigenvalue weighted by Gasteiger charge is 2.09. The highest BCUT2D eigenvalue weighted by atomic mass is 16.5.